The van der Waals surface area contributed by atoms with Crippen molar-refractivity contribution in [1.29, 1.82) is 0 Å². The Labute approximate surface area is 149 Å². The number of carbonyl (C=O) groups is 1. The number of ether oxygens (including phenoxy) is 1. The van der Waals surface area contributed by atoms with Crippen LogP contribution in [0.5, 0.6) is 5.88 Å². The van der Waals surface area contributed by atoms with E-state index in [1.165, 1.54) is 27.1 Å². The lowest BCUT2D eigenvalue weighted by Gasteiger charge is -2.14. The number of hydrogen-bond acceptors (Lipinski definition) is 4. The van der Waals surface area contributed by atoms with Gasteiger partial charge in [-0.2, -0.15) is 31.3 Å². The Bertz CT molecular complexity index is 830. The van der Waals surface area contributed by atoms with Crippen molar-refractivity contribution < 1.29 is 35.9 Å². The molecule has 1 aromatic heterocycles. The van der Waals surface area contributed by atoms with Gasteiger partial charge in [-0.15, -0.1) is 0 Å². The van der Waals surface area contributed by atoms with Gasteiger partial charge in [0, 0.05) is 31.4 Å². The predicted molar refractivity (Wildman–Crippen MR) is 81.9 cm³/mol. The lowest BCUT2D eigenvalue weighted by Crippen LogP contribution is -2.25. The zero-order valence-electron chi connectivity index (χ0n) is 14.2. The highest BCUT2D eigenvalue weighted by Crippen LogP contribution is 2.38. The standard InChI is InChI=1S/C16H13F6N3O2/c1-8-4-12(27-14(26)25(2)3)24-13(23-8)9-5-10(15(17,18)19)7-11(6-9)16(20,21)22/h4-7H,1-3H3. The van der Waals surface area contributed by atoms with Crippen molar-refractivity contribution >= 4 is 6.09 Å². The second-order valence-corrected chi connectivity index (χ2v) is 5.73. The number of benzene rings is 1. The van der Waals surface area contributed by atoms with Gasteiger partial charge >= 0.3 is 18.4 Å². The molecule has 0 saturated carbocycles. The molecule has 27 heavy (non-hydrogen) atoms. The third kappa shape index (κ3) is 5.08. The molecule has 0 fully saturated rings. The molecule has 0 radical (unpaired) electrons. The summed E-state index contributed by atoms with van der Waals surface area (Å²) in [6.07, 6.45) is -10.8. The van der Waals surface area contributed by atoms with Crippen LogP contribution in [0.4, 0.5) is 31.1 Å². The van der Waals surface area contributed by atoms with Crippen LogP contribution in [0.3, 0.4) is 0 Å². The van der Waals surface area contributed by atoms with Crippen LogP contribution < -0.4 is 4.74 Å². The highest BCUT2D eigenvalue weighted by Gasteiger charge is 2.37. The maximum Gasteiger partial charge on any atom is 0.416 e. The summed E-state index contributed by atoms with van der Waals surface area (Å²) in [6, 6.07) is 2.23. The van der Waals surface area contributed by atoms with Crippen LogP contribution in [0.1, 0.15) is 16.8 Å². The number of amides is 1. The molecule has 0 N–H and O–H groups in total. The Morgan fingerprint density at radius 1 is 0.926 bits per heavy atom. The molecule has 1 aromatic carbocycles. The average Bonchev–Trinajstić information content (AvgIpc) is 2.52. The van der Waals surface area contributed by atoms with Crippen LogP contribution in [0.2, 0.25) is 0 Å². The molecule has 5 nitrogen and oxygen atoms in total. The van der Waals surface area contributed by atoms with Crippen molar-refractivity contribution in [2.45, 2.75) is 19.3 Å². The van der Waals surface area contributed by atoms with E-state index in [1.54, 1.807) is 0 Å². The van der Waals surface area contributed by atoms with E-state index < -0.39 is 41.0 Å². The van der Waals surface area contributed by atoms with E-state index in [9.17, 15) is 31.1 Å². The van der Waals surface area contributed by atoms with Gasteiger partial charge in [-0.25, -0.2) is 9.78 Å². The first-order chi connectivity index (χ1) is 12.3. The smallest absolute Gasteiger partial charge is 0.391 e. The fourth-order valence-electron chi connectivity index (χ4n) is 1.99. The van der Waals surface area contributed by atoms with Crippen LogP contribution in [0, 0.1) is 6.92 Å². The minimum absolute atomic E-state index is 0.00623. The number of alkyl halides is 6. The van der Waals surface area contributed by atoms with Gasteiger partial charge in [-0.3, -0.25) is 0 Å². The summed E-state index contributed by atoms with van der Waals surface area (Å²) >= 11 is 0. The van der Waals surface area contributed by atoms with Crippen molar-refractivity contribution in [2.75, 3.05) is 14.1 Å². The van der Waals surface area contributed by atoms with E-state index in [4.69, 9.17) is 4.74 Å². The monoisotopic (exact) mass is 393 g/mol. The average molecular weight is 393 g/mol. The number of halogens is 6. The maximum absolute atomic E-state index is 13.0. The van der Waals surface area contributed by atoms with Gasteiger partial charge in [0.2, 0.25) is 5.88 Å². The Morgan fingerprint density at radius 2 is 1.44 bits per heavy atom. The molecular weight excluding hydrogens is 380 g/mol. The molecule has 1 heterocycles. The fourth-order valence-corrected chi connectivity index (χ4v) is 1.99. The van der Waals surface area contributed by atoms with Gasteiger partial charge < -0.3 is 9.64 Å². The topological polar surface area (TPSA) is 55.3 Å². The number of nitrogens with zero attached hydrogens (tertiary/aromatic N) is 3. The summed E-state index contributed by atoms with van der Waals surface area (Å²) in [5.41, 5.74) is -3.32. The number of aromatic nitrogens is 2. The molecule has 2 aromatic rings. The van der Waals surface area contributed by atoms with Crippen LogP contribution in [0.25, 0.3) is 11.4 Å². The lowest BCUT2D eigenvalue weighted by molar-refractivity contribution is -0.143. The number of hydrogen-bond donors (Lipinski definition) is 0. The Kier molecular flexibility index (Phi) is 5.34. The third-order valence-electron chi connectivity index (χ3n) is 3.23. The van der Waals surface area contributed by atoms with Crippen molar-refractivity contribution in [3.05, 3.63) is 41.1 Å². The maximum atomic E-state index is 13.0. The van der Waals surface area contributed by atoms with Gasteiger partial charge in [-0.05, 0) is 25.1 Å². The summed E-state index contributed by atoms with van der Waals surface area (Å²) in [6.45, 7) is 1.43. The largest absolute Gasteiger partial charge is 0.416 e. The summed E-state index contributed by atoms with van der Waals surface area (Å²) in [4.78, 5) is 20.3. The van der Waals surface area contributed by atoms with Gasteiger partial charge in [0.1, 0.15) is 0 Å². The molecule has 11 heteroatoms. The molecular formula is C16H13F6N3O2. The van der Waals surface area contributed by atoms with E-state index >= 15 is 0 Å². The van der Waals surface area contributed by atoms with Gasteiger partial charge in [-0.1, -0.05) is 0 Å². The van der Waals surface area contributed by atoms with Crippen molar-refractivity contribution in [1.82, 2.24) is 14.9 Å². The van der Waals surface area contributed by atoms with E-state index in [-0.39, 0.29) is 17.6 Å². The van der Waals surface area contributed by atoms with Crippen LogP contribution in [0.15, 0.2) is 24.3 Å². The second kappa shape index (κ2) is 7.05. The van der Waals surface area contributed by atoms with Gasteiger partial charge in [0.15, 0.2) is 5.82 Å². The first kappa shape index (κ1) is 20.5. The summed E-state index contributed by atoms with van der Waals surface area (Å²) in [5.74, 6) is -0.740. The second-order valence-electron chi connectivity index (χ2n) is 5.73. The zero-order valence-corrected chi connectivity index (χ0v) is 14.2. The van der Waals surface area contributed by atoms with Crippen molar-refractivity contribution in [3.63, 3.8) is 0 Å². The minimum atomic E-state index is -5.00. The Balaban J connectivity index is 2.60. The highest BCUT2D eigenvalue weighted by atomic mass is 19.4. The van der Waals surface area contributed by atoms with E-state index in [2.05, 4.69) is 9.97 Å². The lowest BCUT2D eigenvalue weighted by atomic mass is 10.0. The van der Waals surface area contributed by atoms with E-state index in [0.717, 1.165) is 4.90 Å². The summed E-state index contributed by atoms with van der Waals surface area (Å²) < 4.78 is 82.8. The summed E-state index contributed by atoms with van der Waals surface area (Å²) in [5, 5.41) is 0. The van der Waals surface area contributed by atoms with Gasteiger partial charge in [0.25, 0.3) is 0 Å². The zero-order chi connectivity index (χ0) is 20.6. The first-order valence-corrected chi connectivity index (χ1v) is 7.32. The molecule has 0 aliphatic carbocycles. The SMILES string of the molecule is Cc1cc(OC(=O)N(C)C)nc(-c2cc(C(F)(F)F)cc(C(F)(F)F)c2)n1. The molecule has 0 aliphatic rings. The first-order valence-electron chi connectivity index (χ1n) is 7.32. The van der Waals surface area contributed by atoms with E-state index in [1.807, 2.05) is 0 Å². The Hall–Kier alpha value is -2.85. The highest BCUT2D eigenvalue weighted by molar-refractivity contribution is 5.69. The van der Waals surface area contributed by atoms with Crippen molar-refractivity contribution in [2.24, 2.45) is 0 Å². The molecule has 0 aliphatic heterocycles. The molecule has 146 valence electrons. The molecule has 0 spiro atoms. The number of rotatable bonds is 2. The van der Waals surface area contributed by atoms with Crippen molar-refractivity contribution in [3.8, 4) is 17.3 Å². The predicted octanol–water partition coefficient (Wildman–Crippen LogP) is 4.55. The third-order valence-corrected chi connectivity index (χ3v) is 3.23. The summed E-state index contributed by atoms with van der Waals surface area (Å²) in [7, 11) is 2.78. The molecule has 2 rings (SSSR count). The van der Waals surface area contributed by atoms with Crippen LogP contribution in [-0.4, -0.2) is 35.1 Å². The fraction of sp³-hybridized carbons (Fsp3) is 0.312. The normalized spacial score (nSPS) is 12.0. The molecule has 0 atom stereocenters. The quantitative estimate of drug-likeness (QED) is 0.703. The molecule has 0 saturated heterocycles. The van der Waals surface area contributed by atoms with Gasteiger partial charge in [0.05, 0.1) is 11.1 Å². The molecule has 1 amide bonds. The van der Waals surface area contributed by atoms with E-state index in [0.29, 0.717) is 12.1 Å². The minimum Gasteiger partial charge on any atom is -0.391 e. The number of carbonyl (C=O) groups excluding carboxylic acids is 1. The Morgan fingerprint density at radius 3 is 1.89 bits per heavy atom. The number of aryl methyl sites for hydroxylation is 1. The van der Waals surface area contributed by atoms with Crippen LogP contribution >= 0.6 is 0 Å². The molecule has 0 unspecified atom stereocenters. The molecule has 0 bridgehead atoms. The van der Waals surface area contributed by atoms with Crippen LogP contribution in [-0.2, 0) is 12.4 Å².